The van der Waals surface area contributed by atoms with Crippen molar-refractivity contribution in [1.82, 2.24) is 4.90 Å². The Labute approximate surface area is 135 Å². The first-order chi connectivity index (χ1) is 10.6. The third-order valence-corrected chi connectivity index (χ3v) is 6.40. The predicted octanol–water partition coefficient (Wildman–Crippen LogP) is 4.57. The van der Waals surface area contributed by atoms with Crippen molar-refractivity contribution >= 4 is 0 Å². The van der Waals surface area contributed by atoms with E-state index in [1.807, 2.05) is 12.1 Å². The first-order valence-corrected chi connectivity index (χ1v) is 9.10. The maximum atomic E-state index is 9.79. The molecule has 1 heterocycles. The standard InChI is InChI=1S/C20H31NO/c1-16-15-21(12-10-17-6-3-4-7-17)13-11-20(16,2)18-8-5-9-19(22)14-18/h5,8-9,14,16-17,22H,3-4,6-7,10-13,15H2,1-2H3. The molecule has 0 bridgehead atoms. The van der Waals surface area contributed by atoms with Gasteiger partial charge in [-0.15, -0.1) is 0 Å². The summed E-state index contributed by atoms with van der Waals surface area (Å²) in [5.41, 5.74) is 1.50. The van der Waals surface area contributed by atoms with Crippen LogP contribution in [0.3, 0.4) is 0 Å². The number of phenolic OH excluding ortho intramolecular Hbond substituents is 1. The lowest BCUT2D eigenvalue weighted by atomic mass is 9.68. The monoisotopic (exact) mass is 301 g/mol. The molecule has 2 nitrogen and oxygen atoms in total. The molecule has 2 atom stereocenters. The van der Waals surface area contributed by atoms with Gasteiger partial charge in [0, 0.05) is 6.54 Å². The Balaban J connectivity index is 1.59. The van der Waals surface area contributed by atoms with E-state index in [1.54, 1.807) is 6.07 Å². The van der Waals surface area contributed by atoms with Gasteiger partial charge in [0.05, 0.1) is 0 Å². The van der Waals surface area contributed by atoms with Crippen LogP contribution in [0.2, 0.25) is 0 Å². The topological polar surface area (TPSA) is 23.5 Å². The van der Waals surface area contributed by atoms with Crippen LogP contribution in [0.25, 0.3) is 0 Å². The Morgan fingerprint density at radius 3 is 2.73 bits per heavy atom. The third-order valence-electron chi connectivity index (χ3n) is 6.40. The molecule has 22 heavy (non-hydrogen) atoms. The van der Waals surface area contributed by atoms with Crippen molar-refractivity contribution < 1.29 is 5.11 Å². The molecule has 1 aromatic carbocycles. The summed E-state index contributed by atoms with van der Waals surface area (Å²) in [7, 11) is 0. The van der Waals surface area contributed by atoms with Crippen LogP contribution in [-0.2, 0) is 5.41 Å². The molecule has 1 saturated carbocycles. The first-order valence-electron chi connectivity index (χ1n) is 9.10. The van der Waals surface area contributed by atoms with Gasteiger partial charge in [-0.05, 0) is 60.9 Å². The van der Waals surface area contributed by atoms with Gasteiger partial charge in [0.15, 0.2) is 0 Å². The molecule has 2 fully saturated rings. The van der Waals surface area contributed by atoms with Crippen LogP contribution in [0.15, 0.2) is 24.3 Å². The van der Waals surface area contributed by atoms with Crippen molar-refractivity contribution in [2.75, 3.05) is 19.6 Å². The molecule has 1 aromatic rings. The Morgan fingerprint density at radius 1 is 1.27 bits per heavy atom. The molecular weight excluding hydrogens is 270 g/mol. The van der Waals surface area contributed by atoms with Crippen LogP contribution in [-0.4, -0.2) is 29.6 Å². The fraction of sp³-hybridized carbons (Fsp3) is 0.700. The van der Waals surface area contributed by atoms with Crippen molar-refractivity contribution in [2.45, 2.75) is 57.8 Å². The van der Waals surface area contributed by atoms with Crippen molar-refractivity contribution in [3.05, 3.63) is 29.8 Å². The van der Waals surface area contributed by atoms with E-state index >= 15 is 0 Å². The van der Waals surface area contributed by atoms with E-state index in [4.69, 9.17) is 0 Å². The van der Waals surface area contributed by atoms with Crippen molar-refractivity contribution in [3.8, 4) is 5.75 Å². The molecule has 1 N–H and O–H groups in total. The Morgan fingerprint density at radius 2 is 2.05 bits per heavy atom. The van der Waals surface area contributed by atoms with Crippen LogP contribution in [0.5, 0.6) is 5.75 Å². The largest absolute Gasteiger partial charge is 0.508 e. The summed E-state index contributed by atoms with van der Waals surface area (Å²) < 4.78 is 0. The number of likely N-dealkylation sites (tertiary alicyclic amines) is 1. The lowest BCUT2D eigenvalue weighted by Crippen LogP contribution is -2.47. The molecule has 122 valence electrons. The molecule has 1 aliphatic carbocycles. The average molecular weight is 301 g/mol. The summed E-state index contributed by atoms with van der Waals surface area (Å²) in [4.78, 5) is 2.67. The number of rotatable bonds is 4. The van der Waals surface area contributed by atoms with Crippen LogP contribution < -0.4 is 0 Å². The zero-order valence-corrected chi connectivity index (χ0v) is 14.2. The zero-order chi connectivity index (χ0) is 15.6. The van der Waals surface area contributed by atoms with Crippen LogP contribution in [0, 0.1) is 11.8 Å². The summed E-state index contributed by atoms with van der Waals surface area (Å²) in [5, 5.41) is 9.79. The second kappa shape index (κ2) is 6.62. The minimum atomic E-state index is 0.197. The number of aromatic hydroxyl groups is 1. The number of piperidine rings is 1. The normalized spacial score (nSPS) is 30.7. The lowest BCUT2D eigenvalue weighted by molar-refractivity contribution is 0.106. The van der Waals surface area contributed by atoms with Gasteiger partial charge in [0.1, 0.15) is 5.75 Å². The highest BCUT2D eigenvalue weighted by atomic mass is 16.3. The van der Waals surface area contributed by atoms with Crippen LogP contribution in [0.1, 0.15) is 57.9 Å². The number of phenols is 1. The Hall–Kier alpha value is -1.02. The number of nitrogens with zero attached hydrogens (tertiary/aromatic N) is 1. The fourth-order valence-electron chi connectivity index (χ4n) is 4.47. The molecule has 1 aliphatic heterocycles. The van der Waals surface area contributed by atoms with Gasteiger partial charge >= 0.3 is 0 Å². The maximum Gasteiger partial charge on any atom is 0.115 e. The van der Waals surface area contributed by atoms with E-state index < -0.39 is 0 Å². The van der Waals surface area contributed by atoms with Gasteiger partial charge in [-0.25, -0.2) is 0 Å². The second-order valence-corrected chi connectivity index (χ2v) is 7.86. The van der Waals surface area contributed by atoms with Gasteiger partial charge in [-0.3, -0.25) is 0 Å². The Bertz CT molecular complexity index is 494. The minimum absolute atomic E-state index is 0.197. The number of benzene rings is 1. The summed E-state index contributed by atoms with van der Waals surface area (Å²) >= 11 is 0. The molecule has 0 spiro atoms. The average Bonchev–Trinajstić information content (AvgIpc) is 3.02. The third kappa shape index (κ3) is 3.32. The first kappa shape index (κ1) is 15.9. The molecule has 3 rings (SSSR count). The Kier molecular flexibility index (Phi) is 4.77. The fourth-order valence-corrected chi connectivity index (χ4v) is 4.47. The van der Waals surface area contributed by atoms with Gasteiger partial charge in [-0.2, -0.15) is 0 Å². The predicted molar refractivity (Wildman–Crippen MR) is 92.3 cm³/mol. The van der Waals surface area contributed by atoms with Crippen molar-refractivity contribution in [3.63, 3.8) is 0 Å². The van der Waals surface area contributed by atoms with E-state index in [1.165, 1.54) is 63.7 Å². The highest BCUT2D eigenvalue weighted by Crippen LogP contribution is 2.40. The molecule has 0 amide bonds. The summed E-state index contributed by atoms with van der Waals surface area (Å²) in [6.45, 7) is 8.43. The summed E-state index contributed by atoms with van der Waals surface area (Å²) in [5.74, 6) is 2.02. The van der Waals surface area contributed by atoms with Crippen LogP contribution >= 0.6 is 0 Å². The zero-order valence-electron chi connectivity index (χ0n) is 14.2. The van der Waals surface area contributed by atoms with Gasteiger partial charge in [0.2, 0.25) is 0 Å². The molecule has 1 saturated heterocycles. The van der Waals surface area contributed by atoms with Gasteiger partial charge in [0.25, 0.3) is 0 Å². The minimum Gasteiger partial charge on any atom is -0.508 e. The summed E-state index contributed by atoms with van der Waals surface area (Å²) in [6, 6.07) is 7.90. The van der Waals surface area contributed by atoms with E-state index in [9.17, 15) is 5.11 Å². The van der Waals surface area contributed by atoms with Gasteiger partial charge in [-0.1, -0.05) is 51.7 Å². The van der Waals surface area contributed by atoms with E-state index in [-0.39, 0.29) is 5.41 Å². The highest BCUT2D eigenvalue weighted by molar-refractivity contribution is 5.33. The molecule has 0 aromatic heterocycles. The lowest BCUT2D eigenvalue weighted by Gasteiger charge is -2.45. The molecular formula is C20H31NO. The number of hydrogen-bond acceptors (Lipinski definition) is 2. The molecule has 2 heteroatoms. The summed E-state index contributed by atoms with van der Waals surface area (Å²) in [6.07, 6.45) is 8.43. The molecule has 2 unspecified atom stereocenters. The smallest absolute Gasteiger partial charge is 0.115 e. The van der Waals surface area contributed by atoms with Crippen molar-refractivity contribution in [1.29, 1.82) is 0 Å². The van der Waals surface area contributed by atoms with E-state index in [0.29, 0.717) is 11.7 Å². The number of hydrogen-bond donors (Lipinski definition) is 1. The molecule has 0 radical (unpaired) electrons. The molecule has 2 aliphatic rings. The quantitative estimate of drug-likeness (QED) is 0.880. The second-order valence-electron chi connectivity index (χ2n) is 7.86. The highest BCUT2D eigenvalue weighted by Gasteiger charge is 2.38. The van der Waals surface area contributed by atoms with Crippen molar-refractivity contribution in [2.24, 2.45) is 11.8 Å². The SMILES string of the molecule is CC1CN(CCC2CCCC2)CCC1(C)c1cccc(O)c1. The van der Waals surface area contributed by atoms with Crippen LogP contribution in [0.4, 0.5) is 0 Å². The van der Waals surface area contributed by atoms with Gasteiger partial charge < -0.3 is 10.0 Å². The van der Waals surface area contributed by atoms with E-state index in [0.717, 1.165) is 5.92 Å². The maximum absolute atomic E-state index is 9.79. The van der Waals surface area contributed by atoms with E-state index in [2.05, 4.69) is 24.8 Å².